The predicted molar refractivity (Wildman–Crippen MR) is 124 cm³/mol. The Morgan fingerprint density at radius 3 is 2.71 bits per heavy atom. The lowest BCUT2D eigenvalue weighted by Gasteiger charge is -2.32. The predicted octanol–water partition coefficient (Wildman–Crippen LogP) is 5.21. The van der Waals surface area contributed by atoms with Crippen LogP contribution in [0.15, 0.2) is 66.7 Å². The van der Waals surface area contributed by atoms with Crippen molar-refractivity contribution in [3.8, 4) is 5.75 Å². The third kappa shape index (κ3) is 4.10. The van der Waals surface area contributed by atoms with Crippen LogP contribution < -0.4 is 15.0 Å². The Morgan fingerprint density at radius 2 is 1.87 bits per heavy atom. The molecule has 3 aromatic carbocycles. The maximum Gasteiger partial charge on any atom is 0.143 e. The summed E-state index contributed by atoms with van der Waals surface area (Å²) in [7, 11) is 1.94. The fourth-order valence-corrected chi connectivity index (χ4v) is 4.71. The van der Waals surface area contributed by atoms with Crippen LogP contribution in [0.25, 0.3) is 0 Å². The van der Waals surface area contributed by atoms with Crippen molar-refractivity contribution in [1.29, 1.82) is 0 Å². The van der Waals surface area contributed by atoms with E-state index in [0.717, 1.165) is 60.9 Å². The van der Waals surface area contributed by atoms with Gasteiger partial charge in [-0.05, 0) is 60.9 Å². The zero-order valence-corrected chi connectivity index (χ0v) is 17.9. The number of hydrogen-bond acceptors (Lipinski definition) is 4. The van der Waals surface area contributed by atoms with E-state index in [-0.39, 0.29) is 5.82 Å². The Kier molecular flexibility index (Phi) is 5.51. The number of para-hydroxylation sites is 2. The van der Waals surface area contributed by atoms with Crippen molar-refractivity contribution < 1.29 is 9.13 Å². The van der Waals surface area contributed by atoms with Crippen molar-refractivity contribution in [2.45, 2.75) is 25.5 Å². The van der Waals surface area contributed by atoms with E-state index in [1.54, 1.807) is 12.1 Å². The summed E-state index contributed by atoms with van der Waals surface area (Å²) in [6.45, 7) is 3.48. The van der Waals surface area contributed by atoms with Crippen molar-refractivity contribution in [2.75, 3.05) is 36.9 Å². The Morgan fingerprint density at radius 1 is 1.03 bits per heavy atom. The van der Waals surface area contributed by atoms with Crippen LogP contribution in [0, 0.1) is 5.82 Å². The number of hydrogen-bond donors (Lipinski definition) is 1. The molecule has 31 heavy (non-hydrogen) atoms. The maximum absolute atomic E-state index is 13.9. The van der Waals surface area contributed by atoms with Crippen LogP contribution in [0.5, 0.6) is 5.75 Å². The lowest BCUT2D eigenvalue weighted by Crippen LogP contribution is -2.35. The van der Waals surface area contributed by atoms with Gasteiger partial charge in [0.2, 0.25) is 0 Å². The van der Waals surface area contributed by atoms with Crippen LogP contribution >= 0.6 is 0 Å². The first kappa shape index (κ1) is 19.9. The quantitative estimate of drug-likeness (QED) is 0.616. The van der Waals surface area contributed by atoms with Crippen molar-refractivity contribution in [3.63, 3.8) is 0 Å². The minimum absolute atomic E-state index is 0.217. The molecule has 5 rings (SSSR count). The van der Waals surface area contributed by atoms with Gasteiger partial charge in [-0.2, -0.15) is 0 Å². The fourth-order valence-electron chi connectivity index (χ4n) is 4.71. The Hall–Kier alpha value is -3.05. The van der Waals surface area contributed by atoms with E-state index in [4.69, 9.17) is 4.74 Å². The van der Waals surface area contributed by atoms with E-state index in [2.05, 4.69) is 45.4 Å². The average molecular weight is 418 g/mol. The standard InChI is InChI=1S/C26H28FN3O/c1-28-22-9-6-19(7-10-22)12-14-29-15-13-23(17-29)30-24-11-8-21(27)16-20(24)18-31-26-5-3-2-4-25(26)30/h2-11,16,23,28H,12-15,17-18H2,1H3. The molecule has 0 radical (unpaired) electrons. The van der Waals surface area contributed by atoms with E-state index in [0.29, 0.717) is 12.6 Å². The molecule has 0 aromatic heterocycles. The number of likely N-dealkylation sites (tertiary alicyclic amines) is 1. The number of anilines is 3. The molecular weight excluding hydrogens is 389 g/mol. The lowest BCUT2D eigenvalue weighted by molar-refractivity contribution is 0.310. The Balaban J connectivity index is 1.35. The minimum atomic E-state index is -0.217. The fraction of sp³-hybridized carbons (Fsp3) is 0.308. The number of fused-ring (bicyclic) bond motifs is 2. The Labute approximate surface area is 183 Å². The van der Waals surface area contributed by atoms with Gasteiger partial charge in [0.25, 0.3) is 0 Å². The highest BCUT2D eigenvalue weighted by Crippen LogP contribution is 2.42. The average Bonchev–Trinajstić information content (AvgIpc) is 3.20. The smallest absolute Gasteiger partial charge is 0.143 e. The van der Waals surface area contributed by atoms with Crippen LogP contribution in [-0.2, 0) is 13.0 Å². The van der Waals surface area contributed by atoms with Gasteiger partial charge in [-0.25, -0.2) is 4.39 Å². The summed E-state index contributed by atoms with van der Waals surface area (Å²) < 4.78 is 20.0. The number of halogens is 1. The number of ether oxygens (including phenoxy) is 1. The maximum atomic E-state index is 13.9. The van der Waals surface area contributed by atoms with Gasteiger partial charge in [0.1, 0.15) is 18.2 Å². The van der Waals surface area contributed by atoms with Crippen molar-refractivity contribution in [3.05, 3.63) is 83.7 Å². The number of benzene rings is 3. The molecule has 0 saturated carbocycles. The second-order valence-electron chi connectivity index (χ2n) is 8.34. The number of nitrogens with one attached hydrogen (secondary N) is 1. The molecular formula is C26H28FN3O. The van der Waals surface area contributed by atoms with Gasteiger partial charge in [0.05, 0.1) is 5.69 Å². The normalized spacial score (nSPS) is 18.1. The molecule has 1 fully saturated rings. The van der Waals surface area contributed by atoms with Crippen LogP contribution in [0.4, 0.5) is 21.5 Å². The van der Waals surface area contributed by atoms with Crippen LogP contribution in [-0.4, -0.2) is 37.6 Å². The molecule has 4 nitrogen and oxygen atoms in total. The molecule has 0 spiro atoms. The highest BCUT2D eigenvalue weighted by molar-refractivity contribution is 5.73. The molecule has 2 aliphatic rings. The molecule has 0 aliphatic carbocycles. The van der Waals surface area contributed by atoms with E-state index >= 15 is 0 Å². The molecule has 0 amide bonds. The first-order valence-electron chi connectivity index (χ1n) is 11.0. The molecule has 1 saturated heterocycles. The topological polar surface area (TPSA) is 27.7 Å². The van der Waals surface area contributed by atoms with Crippen LogP contribution in [0.1, 0.15) is 17.5 Å². The van der Waals surface area contributed by atoms with E-state index < -0.39 is 0 Å². The molecule has 1 atom stereocenters. The molecule has 0 bridgehead atoms. The number of nitrogens with zero attached hydrogens (tertiary/aromatic N) is 2. The first-order chi connectivity index (χ1) is 15.2. The molecule has 2 heterocycles. The first-order valence-corrected chi connectivity index (χ1v) is 11.0. The zero-order valence-electron chi connectivity index (χ0n) is 17.9. The van der Waals surface area contributed by atoms with Gasteiger partial charge < -0.3 is 19.9 Å². The van der Waals surface area contributed by atoms with Gasteiger partial charge in [-0.3, -0.25) is 0 Å². The highest BCUT2D eigenvalue weighted by Gasteiger charge is 2.32. The summed E-state index contributed by atoms with van der Waals surface area (Å²) in [6, 6.07) is 22.2. The zero-order chi connectivity index (χ0) is 21.2. The summed E-state index contributed by atoms with van der Waals surface area (Å²) in [5.41, 5.74) is 5.53. The second-order valence-corrected chi connectivity index (χ2v) is 8.34. The van der Waals surface area contributed by atoms with Crippen LogP contribution in [0.2, 0.25) is 0 Å². The van der Waals surface area contributed by atoms with Crippen molar-refractivity contribution >= 4 is 17.1 Å². The molecule has 2 aliphatic heterocycles. The van der Waals surface area contributed by atoms with E-state index in [1.165, 1.54) is 5.56 Å². The summed E-state index contributed by atoms with van der Waals surface area (Å²) >= 11 is 0. The largest absolute Gasteiger partial charge is 0.487 e. The summed E-state index contributed by atoms with van der Waals surface area (Å²) in [5.74, 6) is 0.646. The van der Waals surface area contributed by atoms with Crippen LogP contribution in [0.3, 0.4) is 0 Å². The summed E-state index contributed by atoms with van der Waals surface area (Å²) in [6.07, 6.45) is 2.11. The summed E-state index contributed by atoms with van der Waals surface area (Å²) in [5, 5.41) is 3.17. The lowest BCUT2D eigenvalue weighted by atomic mass is 10.1. The molecule has 1 unspecified atom stereocenters. The third-order valence-electron chi connectivity index (χ3n) is 6.38. The van der Waals surface area contributed by atoms with Gasteiger partial charge in [0.15, 0.2) is 0 Å². The number of rotatable bonds is 5. The minimum Gasteiger partial charge on any atom is -0.487 e. The van der Waals surface area contributed by atoms with E-state index in [9.17, 15) is 4.39 Å². The highest BCUT2D eigenvalue weighted by atomic mass is 19.1. The van der Waals surface area contributed by atoms with Gasteiger partial charge in [-0.1, -0.05) is 24.3 Å². The molecule has 3 aromatic rings. The van der Waals surface area contributed by atoms with Gasteiger partial charge >= 0.3 is 0 Å². The van der Waals surface area contributed by atoms with Gasteiger partial charge in [-0.15, -0.1) is 0 Å². The van der Waals surface area contributed by atoms with Gasteiger partial charge in [0, 0.05) is 49.7 Å². The Bertz CT molecular complexity index is 1050. The third-order valence-corrected chi connectivity index (χ3v) is 6.38. The van der Waals surface area contributed by atoms with Crippen molar-refractivity contribution in [1.82, 2.24) is 4.90 Å². The van der Waals surface area contributed by atoms with Crippen molar-refractivity contribution in [2.24, 2.45) is 0 Å². The van der Waals surface area contributed by atoms with E-state index in [1.807, 2.05) is 31.3 Å². The molecule has 1 N–H and O–H groups in total. The SMILES string of the molecule is CNc1ccc(CCN2CCC(N3c4ccc(F)cc4COc4ccccc43)C2)cc1. The molecule has 160 valence electrons. The molecule has 5 heteroatoms. The summed E-state index contributed by atoms with van der Waals surface area (Å²) in [4.78, 5) is 4.91. The monoisotopic (exact) mass is 417 g/mol. The second kappa shape index (κ2) is 8.60.